The summed E-state index contributed by atoms with van der Waals surface area (Å²) in [6, 6.07) is 0.888. The minimum Gasteiger partial charge on any atom is -0.313 e. The van der Waals surface area contributed by atoms with Gasteiger partial charge in [0.2, 0.25) is 0 Å². The molecule has 0 amide bonds. The molecule has 2 saturated carbocycles. The van der Waals surface area contributed by atoms with E-state index in [0.29, 0.717) is 5.41 Å². The summed E-state index contributed by atoms with van der Waals surface area (Å²) in [5.41, 5.74) is 0.676. The van der Waals surface area contributed by atoms with Gasteiger partial charge in [-0.15, -0.1) is 0 Å². The Morgan fingerprint density at radius 3 is 2.41 bits per heavy atom. The SMILES string of the molecule is CC(C)CCCC1(CNC2CC2)CCCCC1. The predicted octanol–water partition coefficient (Wildman–Crippen LogP) is 4.52. The van der Waals surface area contributed by atoms with E-state index in [4.69, 9.17) is 0 Å². The van der Waals surface area contributed by atoms with E-state index in [0.717, 1.165) is 12.0 Å². The molecule has 1 N–H and O–H groups in total. The number of rotatable bonds is 7. The first-order valence-electron chi connectivity index (χ1n) is 7.94. The van der Waals surface area contributed by atoms with Crippen LogP contribution >= 0.6 is 0 Å². The van der Waals surface area contributed by atoms with Crippen molar-refractivity contribution in [3.8, 4) is 0 Å². The minimum absolute atomic E-state index is 0.676. The summed E-state index contributed by atoms with van der Waals surface area (Å²) >= 11 is 0. The second kappa shape index (κ2) is 6.22. The molecule has 1 heteroatoms. The van der Waals surface area contributed by atoms with Crippen LogP contribution in [-0.2, 0) is 0 Å². The molecule has 17 heavy (non-hydrogen) atoms. The van der Waals surface area contributed by atoms with Crippen molar-refractivity contribution < 1.29 is 0 Å². The van der Waals surface area contributed by atoms with Gasteiger partial charge in [0.05, 0.1) is 0 Å². The van der Waals surface area contributed by atoms with Gasteiger partial charge in [-0.3, -0.25) is 0 Å². The highest BCUT2D eigenvalue weighted by Crippen LogP contribution is 2.41. The summed E-state index contributed by atoms with van der Waals surface area (Å²) in [7, 11) is 0. The van der Waals surface area contributed by atoms with Gasteiger partial charge in [0, 0.05) is 12.6 Å². The largest absolute Gasteiger partial charge is 0.313 e. The zero-order valence-electron chi connectivity index (χ0n) is 11.9. The van der Waals surface area contributed by atoms with Crippen LogP contribution in [0.3, 0.4) is 0 Å². The molecule has 2 aliphatic carbocycles. The molecule has 2 rings (SSSR count). The lowest BCUT2D eigenvalue weighted by molar-refractivity contribution is 0.159. The highest BCUT2D eigenvalue weighted by Gasteiger charge is 2.33. The van der Waals surface area contributed by atoms with Crippen molar-refractivity contribution in [3.05, 3.63) is 0 Å². The highest BCUT2D eigenvalue weighted by molar-refractivity contribution is 4.89. The second-order valence-electron chi connectivity index (χ2n) is 7.00. The predicted molar refractivity (Wildman–Crippen MR) is 75.2 cm³/mol. The topological polar surface area (TPSA) is 12.0 Å². The third-order valence-corrected chi connectivity index (χ3v) is 4.75. The van der Waals surface area contributed by atoms with Crippen LogP contribution in [0.2, 0.25) is 0 Å². The van der Waals surface area contributed by atoms with Crippen molar-refractivity contribution in [1.29, 1.82) is 0 Å². The average molecular weight is 237 g/mol. The fraction of sp³-hybridized carbons (Fsp3) is 1.00. The van der Waals surface area contributed by atoms with Crippen LogP contribution in [0.25, 0.3) is 0 Å². The van der Waals surface area contributed by atoms with Crippen LogP contribution in [0.5, 0.6) is 0 Å². The molecule has 2 aliphatic rings. The van der Waals surface area contributed by atoms with E-state index in [2.05, 4.69) is 19.2 Å². The van der Waals surface area contributed by atoms with Crippen molar-refractivity contribution in [2.24, 2.45) is 11.3 Å². The first kappa shape index (κ1) is 13.4. The van der Waals surface area contributed by atoms with Crippen LogP contribution in [0, 0.1) is 11.3 Å². The molecule has 0 aromatic heterocycles. The summed E-state index contributed by atoms with van der Waals surface area (Å²) in [5, 5.41) is 3.81. The van der Waals surface area contributed by atoms with E-state index in [1.807, 2.05) is 0 Å². The number of nitrogens with one attached hydrogen (secondary N) is 1. The van der Waals surface area contributed by atoms with Crippen LogP contribution in [-0.4, -0.2) is 12.6 Å². The molecule has 0 heterocycles. The van der Waals surface area contributed by atoms with Crippen LogP contribution in [0.1, 0.15) is 78.1 Å². The van der Waals surface area contributed by atoms with Gasteiger partial charge in [0.15, 0.2) is 0 Å². The van der Waals surface area contributed by atoms with E-state index >= 15 is 0 Å². The Hall–Kier alpha value is -0.0400. The Balaban J connectivity index is 1.77. The highest BCUT2D eigenvalue weighted by atomic mass is 15.0. The van der Waals surface area contributed by atoms with Crippen molar-refractivity contribution in [1.82, 2.24) is 5.32 Å². The molecule has 0 aromatic rings. The Bertz CT molecular complexity index is 212. The molecule has 0 aromatic carbocycles. The standard InChI is InChI=1S/C16H31N/c1-14(2)7-6-12-16(10-4-3-5-11-16)13-17-15-8-9-15/h14-15,17H,3-13H2,1-2H3. The van der Waals surface area contributed by atoms with Gasteiger partial charge in [-0.2, -0.15) is 0 Å². The monoisotopic (exact) mass is 237 g/mol. The van der Waals surface area contributed by atoms with Gasteiger partial charge in [0.1, 0.15) is 0 Å². The summed E-state index contributed by atoms with van der Waals surface area (Å²) in [6.45, 7) is 6.03. The smallest absolute Gasteiger partial charge is 0.00684 e. The van der Waals surface area contributed by atoms with E-state index in [9.17, 15) is 0 Å². The van der Waals surface area contributed by atoms with Gasteiger partial charge in [-0.1, -0.05) is 46.0 Å². The minimum atomic E-state index is 0.676. The molecular weight excluding hydrogens is 206 g/mol. The van der Waals surface area contributed by atoms with Gasteiger partial charge in [0.25, 0.3) is 0 Å². The van der Waals surface area contributed by atoms with E-state index < -0.39 is 0 Å². The summed E-state index contributed by atoms with van der Waals surface area (Å²) in [6.07, 6.45) is 14.6. The molecule has 1 nitrogen and oxygen atoms in total. The summed E-state index contributed by atoms with van der Waals surface area (Å²) < 4.78 is 0. The maximum Gasteiger partial charge on any atom is 0.00684 e. The fourth-order valence-electron chi connectivity index (χ4n) is 3.35. The zero-order valence-corrected chi connectivity index (χ0v) is 11.9. The molecule has 0 bridgehead atoms. The van der Waals surface area contributed by atoms with Gasteiger partial charge < -0.3 is 5.32 Å². The molecule has 0 atom stereocenters. The Labute approximate surface area is 108 Å². The first-order chi connectivity index (χ1) is 8.20. The molecule has 0 unspecified atom stereocenters. The van der Waals surface area contributed by atoms with Crippen molar-refractivity contribution in [3.63, 3.8) is 0 Å². The first-order valence-corrected chi connectivity index (χ1v) is 7.94. The van der Waals surface area contributed by atoms with E-state index in [1.165, 1.54) is 70.8 Å². The Morgan fingerprint density at radius 2 is 1.82 bits per heavy atom. The van der Waals surface area contributed by atoms with Crippen LogP contribution in [0.15, 0.2) is 0 Å². The summed E-state index contributed by atoms with van der Waals surface area (Å²) in [5.74, 6) is 0.882. The molecule has 0 saturated heterocycles. The Morgan fingerprint density at radius 1 is 1.12 bits per heavy atom. The molecule has 0 aliphatic heterocycles. The van der Waals surface area contributed by atoms with Crippen LogP contribution < -0.4 is 5.32 Å². The molecule has 0 radical (unpaired) electrons. The fourth-order valence-corrected chi connectivity index (χ4v) is 3.35. The number of hydrogen-bond donors (Lipinski definition) is 1. The van der Waals surface area contributed by atoms with Gasteiger partial charge in [-0.05, 0) is 43.4 Å². The van der Waals surface area contributed by atoms with E-state index in [1.54, 1.807) is 0 Å². The lowest BCUT2D eigenvalue weighted by atomic mass is 9.70. The molecule has 100 valence electrons. The zero-order chi connectivity index (χ0) is 12.1. The summed E-state index contributed by atoms with van der Waals surface area (Å²) in [4.78, 5) is 0. The van der Waals surface area contributed by atoms with Crippen molar-refractivity contribution in [2.45, 2.75) is 84.1 Å². The van der Waals surface area contributed by atoms with E-state index in [-0.39, 0.29) is 0 Å². The lowest BCUT2D eigenvalue weighted by Crippen LogP contribution is -2.37. The molecular formula is C16H31N. The maximum absolute atomic E-state index is 3.81. The van der Waals surface area contributed by atoms with Gasteiger partial charge >= 0.3 is 0 Å². The van der Waals surface area contributed by atoms with Gasteiger partial charge in [-0.25, -0.2) is 0 Å². The Kier molecular flexibility index (Phi) is 4.90. The molecule has 2 fully saturated rings. The van der Waals surface area contributed by atoms with Crippen LogP contribution in [0.4, 0.5) is 0 Å². The normalized spacial score (nSPS) is 24.2. The number of hydrogen-bond acceptors (Lipinski definition) is 1. The third-order valence-electron chi connectivity index (χ3n) is 4.75. The molecule has 0 spiro atoms. The lowest BCUT2D eigenvalue weighted by Gasteiger charge is -2.38. The third kappa shape index (κ3) is 4.62. The maximum atomic E-state index is 3.81. The van der Waals surface area contributed by atoms with Crippen molar-refractivity contribution in [2.75, 3.05) is 6.54 Å². The van der Waals surface area contributed by atoms with Crippen molar-refractivity contribution >= 4 is 0 Å². The quantitative estimate of drug-likeness (QED) is 0.686. The average Bonchev–Trinajstić information content (AvgIpc) is 3.11. The second-order valence-corrected chi connectivity index (χ2v) is 7.00.